The Bertz CT molecular complexity index is 1430. The molecule has 182 valence electrons. The van der Waals surface area contributed by atoms with Gasteiger partial charge in [-0.25, -0.2) is 9.48 Å². The minimum atomic E-state index is -0.587. The zero-order valence-electron chi connectivity index (χ0n) is 19.9. The second-order valence-corrected chi connectivity index (χ2v) is 9.47. The molecule has 0 saturated heterocycles. The van der Waals surface area contributed by atoms with Gasteiger partial charge in [0.25, 0.3) is 0 Å². The standard InChI is InChI=1S/C28H25BrN4O3/c1-18-8-6-7-11-21(18)16-35-24-13-12-22(29)14-23(24)26-25(19(2)32-28-30-17-31-33(26)28)27(34)36-15-20-9-4-3-5-10-20/h3-14,17,26H,15-16H2,1-2H3,(H,30,31,32). The highest BCUT2D eigenvalue weighted by Gasteiger charge is 2.36. The summed E-state index contributed by atoms with van der Waals surface area (Å²) < 4.78 is 14.6. The predicted octanol–water partition coefficient (Wildman–Crippen LogP) is 5.96. The van der Waals surface area contributed by atoms with Crippen LogP contribution in [0, 0.1) is 6.92 Å². The molecule has 1 N–H and O–H groups in total. The molecule has 1 aliphatic heterocycles. The van der Waals surface area contributed by atoms with Crippen LogP contribution in [0.3, 0.4) is 0 Å². The van der Waals surface area contributed by atoms with Crippen LogP contribution in [0.25, 0.3) is 0 Å². The Morgan fingerprint density at radius 3 is 2.61 bits per heavy atom. The maximum absolute atomic E-state index is 13.5. The summed E-state index contributed by atoms with van der Waals surface area (Å²) in [4.78, 5) is 17.8. The fraction of sp³-hybridized carbons (Fsp3) is 0.179. The van der Waals surface area contributed by atoms with Crippen LogP contribution < -0.4 is 10.1 Å². The summed E-state index contributed by atoms with van der Waals surface area (Å²) in [7, 11) is 0. The molecule has 0 amide bonds. The number of fused-ring (bicyclic) bond motifs is 1. The second kappa shape index (κ2) is 10.4. The maximum atomic E-state index is 13.5. The Kier molecular flexibility index (Phi) is 6.86. The first-order chi connectivity index (χ1) is 17.5. The molecule has 1 atom stereocenters. The first-order valence-electron chi connectivity index (χ1n) is 11.6. The summed E-state index contributed by atoms with van der Waals surface area (Å²) >= 11 is 3.59. The number of nitrogens with one attached hydrogen (secondary N) is 1. The number of halogens is 1. The molecule has 0 bridgehead atoms. The lowest BCUT2D eigenvalue weighted by Gasteiger charge is -2.29. The van der Waals surface area contributed by atoms with Gasteiger partial charge in [0, 0.05) is 15.7 Å². The number of carbonyl (C=O) groups is 1. The molecule has 0 saturated carbocycles. The van der Waals surface area contributed by atoms with Crippen LogP contribution in [0.2, 0.25) is 0 Å². The molecular formula is C28H25BrN4O3. The zero-order valence-corrected chi connectivity index (χ0v) is 21.5. The van der Waals surface area contributed by atoms with Gasteiger partial charge in [0.15, 0.2) is 0 Å². The van der Waals surface area contributed by atoms with E-state index >= 15 is 0 Å². The number of hydrogen-bond acceptors (Lipinski definition) is 6. The Morgan fingerprint density at radius 1 is 1.03 bits per heavy atom. The third kappa shape index (κ3) is 4.90. The highest BCUT2D eigenvalue weighted by Crippen LogP contribution is 2.40. The van der Waals surface area contributed by atoms with Crippen molar-refractivity contribution in [1.29, 1.82) is 0 Å². The molecule has 1 unspecified atom stereocenters. The number of aromatic nitrogens is 3. The molecule has 3 aromatic carbocycles. The number of hydrogen-bond donors (Lipinski definition) is 1. The van der Waals surface area contributed by atoms with Crippen LogP contribution in [0.15, 0.2) is 94.9 Å². The normalized spacial score (nSPS) is 14.7. The van der Waals surface area contributed by atoms with E-state index in [9.17, 15) is 4.79 Å². The molecule has 5 rings (SSSR count). The molecule has 2 heterocycles. The molecule has 8 heteroatoms. The van der Waals surface area contributed by atoms with Crippen molar-refractivity contribution in [3.8, 4) is 5.75 Å². The van der Waals surface area contributed by atoms with Crippen LogP contribution in [-0.4, -0.2) is 20.7 Å². The Morgan fingerprint density at radius 2 is 1.81 bits per heavy atom. The third-order valence-electron chi connectivity index (χ3n) is 6.14. The summed E-state index contributed by atoms with van der Waals surface area (Å²) in [5.41, 5.74) is 5.03. The number of anilines is 1. The first-order valence-corrected chi connectivity index (χ1v) is 12.4. The molecule has 0 fully saturated rings. The van der Waals surface area contributed by atoms with E-state index in [0.717, 1.165) is 26.7 Å². The highest BCUT2D eigenvalue weighted by atomic mass is 79.9. The van der Waals surface area contributed by atoms with Crippen molar-refractivity contribution >= 4 is 27.8 Å². The van der Waals surface area contributed by atoms with E-state index < -0.39 is 12.0 Å². The van der Waals surface area contributed by atoms with Crippen LogP contribution in [0.5, 0.6) is 5.75 Å². The molecule has 4 aromatic rings. The third-order valence-corrected chi connectivity index (χ3v) is 6.63. The van der Waals surface area contributed by atoms with E-state index in [1.54, 1.807) is 4.68 Å². The van der Waals surface area contributed by atoms with E-state index in [-0.39, 0.29) is 6.61 Å². The van der Waals surface area contributed by atoms with Crippen LogP contribution in [-0.2, 0) is 22.7 Å². The Hall–Kier alpha value is -3.91. The Balaban J connectivity index is 1.51. The van der Waals surface area contributed by atoms with Crippen molar-refractivity contribution < 1.29 is 14.3 Å². The quantitative estimate of drug-likeness (QED) is 0.289. The largest absolute Gasteiger partial charge is 0.489 e. The topological polar surface area (TPSA) is 78.3 Å². The lowest BCUT2D eigenvalue weighted by molar-refractivity contribution is -0.140. The predicted molar refractivity (Wildman–Crippen MR) is 140 cm³/mol. The summed E-state index contributed by atoms with van der Waals surface area (Å²) in [6.45, 7) is 4.47. The maximum Gasteiger partial charge on any atom is 0.338 e. The molecule has 1 aliphatic rings. The van der Waals surface area contributed by atoms with Gasteiger partial charge < -0.3 is 14.8 Å². The number of aryl methyl sites for hydroxylation is 1. The van der Waals surface area contributed by atoms with Crippen molar-refractivity contribution in [2.75, 3.05) is 5.32 Å². The van der Waals surface area contributed by atoms with E-state index in [1.807, 2.05) is 73.7 Å². The van der Waals surface area contributed by atoms with Crippen molar-refractivity contribution in [1.82, 2.24) is 14.8 Å². The van der Waals surface area contributed by atoms with Crippen LogP contribution in [0.1, 0.15) is 35.2 Å². The number of carbonyl (C=O) groups excluding carboxylic acids is 1. The van der Waals surface area contributed by atoms with Crippen molar-refractivity contribution in [2.45, 2.75) is 33.1 Å². The van der Waals surface area contributed by atoms with Crippen molar-refractivity contribution in [3.05, 3.63) is 117 Å². The molecule has 36 heavy (non-hydrogen) atoms. The minimum absolute atomic E-state index is 0.169. The minimum Gasteiger partial charge on any atom is -0.489 e. The second-order valence-electron chi connectivity index (χ2n) is 8.55. The van der Waals surface area contributed by atoms with Gasteiger partial charge in [0.05, 0.1) is 5.57 Å². The number of esters is 1. The number of rotatable bonds is 7. The fourth-order valence-electron chi connectivity index (χ4n) is 4.24. The van der Waals surface area contributed by atoms with Crippen molar-refractivity contribution in [2.24, 2.45) is 0 Å². The van der Waals surface area contributed by atoms with Gasteiger partial charge >= 0.3 is 5.97 Å². The van der Waals surface area contributed by atoms with Gasteiger partial charge in [-0.3, -0.25) is 0 Å². The van der Waals surface area contributed by atoms with Crippen LogP contribution in [0.4, 0.5) is 5.95 Å². The summed E-state index contributed by atoms with van der Waals surface area (Å²) in [5, 5.41) is 7.62. The molecular weight excluding hydrogens is 520 g/mol. The van der Waals surface area contributed by atoms with E-state index in [4.69, 9.17) is 9.47 Å². The lowest BCUT2D eigenvalue weighted by atomic mass is 9.95. The molecule has 0 radical (unpaired) electrons. The van der Waals surface area contributed by atoms with Crippen LogP contribution >= 0.6 is 15.9 Å². The monoisotopic (exact) mass is 544 g/mol. The summed E-state index contributed by atoms with van der Waals surface area (Å²) in [6.07, 6.45) is 1.46. The molecule has 0 aliphatic carbocycles. The Labute approximate surface area is 217 Å². The number of benzene rings is 3. The molecule has 1 aromatic heterocycles. The zero-order chi connectivity index (χ0) is 25.1. The smallest absolute Gasteiger partial charge is 0.338 e. The number of allylic oxidation sites excluding steroid dienone is 1. The van der Waals surface area contributed by atoms with Gasteiger partial charge in [0.1, 0.15) is 31.3 Å². The average Bonchev–Trinajstić information content (AvgIpc) is 3.35. The molecule has 7 nitrogen and oxygen atoms in total. The number of nitrogens with zero attached hydrogens (tertiary/aromatic N) is 3. The van der Waals surface area contributed by atoms with E-state index in [2.05, 4.69) is 44.3 Å². The van der Waals surface area contributed by atoms with Gasteiger partial charge in [-0.15, -0.1) is 0 Å². The summed E-state index contributed by atoms with van der Waals surface area (Å²) in [5.74, 6) is 0.762. The summed E-state index contributed by atoms with van der Waals surface area (Å²) in [6, 6.07) is 22.9. The van der Waals surface area contributed by atoms with Gasteiger partial charge in [-0.05, 0) is 48.7 Å². The first kappa shape index (κ1) is 23.8. The molecule has 0 spiro atoms. The average molecular weight is 545 g/mol. The highest BCUT2D eigenvalue weighted by molar-refractivity contribution is 9.10. The van der Waals surface area contributed by atoms with Gasteiger partial charge in [-0.2, -0.15) is 10.1 Å². The number of ether oxygens (including phenoxy) is 2. The fourth-order valence-corrected chi connectivity index (χ4v) is 4.61. The van der Waals surface area contributed by atoms with E-state index in [1.165, 1.54) is 6.33 Å². The lowest BCUT2D eigenvalue weighted by Crippen LogP contribution is -2.30. The van der Waals surface area contributed by atoms with Gasteiger partial charge in [-0.1, -0.05) is 70.5 Å². The SMILES string of the molecule is CC1=C(C(=O)OCc2ccccc2)C(c2cc(Br)ccc2OCc2ccccc2C)n2ncnc2N1. The van der Waals surface area contributed by atoms with Gasteiger partial charge in [0.2, 0.25) is 5.95 Å². The van der Waals surface area contributed by atoms with E-state index in [0.29, 0.717) is 29.6 Å². The van der Waals surface area contributed by atoms with Crippen molar-refractivity contribution in [3.63, 3.8) is 0 Å².